The topological polar surface area (TPSA) is 69.9 Å². The van der Waals surface area contributed by atoms with Gasteiger partial charge in [0.25, 0.3) is 0 Å². The molecule has 30 heavy (non-hydrogen) atoms. The number of carbonyl (C=O) groups excluding carboxylic acids is 1. The van der Waals surface area contributed by atoms with Crippen LogP contribution in [0.1, 0.15) is 23.7 Å². The molecule has 0 unspecified atom stereocenters. The first kappa shape index (κ1) is 22.2. The third-order valence-corrected chi connectivity index (χ3v) is 6.00. The second kappa shape index (κ2) is 8.73. The number of nitrogens with one attached hydrogen (secondary N) is 1. The molecule has 3 rings (SSSR count). The molecule has 2 aromatic rings. The Morgan fingerprint density at radius 1 is 1.33 bits per heavy atom. The predicted molar refractivity (Wildman–Crippen MR) is 104 cm³/mol. The Hall–Kier alpha value is -2.46. The molecule has 0 spiro atoms. The van der Waals surface area contributed by atoms with Crippen LogP contribution in [-0.4, -0.2) is 33.4 Å². The van der Waals surface area contributed by atoms with Crippen molar-refractivity contribution in [3.05, 3.63) is 57.9 Å². The van der Waals surface area contributed by atoms with E-state index in [0.717, 1.165) is 30.1 Å². The number of Topliss-reactive ketones (excluding diaryl/α,β-unsaturated/α-hetero) is 1. The fraction of sp³-hybridized carbons (Fsp3) is 0.263. The quantitative estimate of drug-likeness (QED) is 0.301. The average molecular weight is 459 g/mol. The van der Waals surface area contributed by atoms with Crippen molar-refractivity contribution < 1.29 is 22.4 Å². The molecular weight excluding hydrogens is 444 g/mol. The zero-order valence-electron chi connectivity index (χ0n) is 15.6. The van der Waals surface area contributed by atoms with Crippen LogP contribution in [0.2, 0.25) is 0 Å². The van der Waals surface area contributed by atoms with Gasteiger partial charge in [-0.1, -0.05) is 23.4 Å². The minimum Gasteiger partial charge on any atom is -0.363 e. The van der Waals surface area contributed by atoms with Crippen LogP contribution in [0.4, 0.5) is 17.6 Å². The van der Waals surface area contributed by atoms with E-state index in [9.17, 15) is 22.4 Å². The average Bonchev–Trinajstić information content (AvgIpc) is 2.67. The molecule has 0 saturated heterocycles. The largest absolute Gasteiger partial charge is 0.417 e. The van der Waals surface area contributed by atoms with E-state index in [1.807, 2.05) is 0 Å². The summed E-state index contributed by atoms with van der Waals surface area (Å²) in [7, 11) is 0. The summed E-state index contributed by atoms with van der Waals surface area (Å²) in [6, 6.07) is 2.31. The number of fused-ring (bicyclic) bond motifs is 1. The number of hydrogen-bond acceptors (Lipinski definition) is 6. The van der Waals surface area contributed by atoms with Crippen molar-refractivity contribution in [3.63, 3.8) is 0 Å². The van der Waals surface area contributed by atoms with Gasteiger partial charge in [0.2, 0.25) is 0 Å². The fourth-order valence-corrected chi connectivity index (χ4v) is 4.30. The lowest BCUT2D eigenvalue weighted by Gasteiger charge is -2.31. The first-order valence-corrected chi connectivity index (χ1v) is 9.84. The summed E-state index contributed by atoms with van der Waals surface area (Å²) in [6.07, 6.45) is -2.08. The van der Waals surface area contributed by atoms with E-state index in [1.165, 1.54) is 13.3 Å². The highest BCUT2D eigenvalue weighted by Crippen LogP contribution is 2.41. The molecule has 0 fully saturated rings. The fourth-order valence-electron chi connectivity index (χ4n) is 3.01. The minimum absolute atomic E-state index is 0.0771. The molecule has 11 heteroatoms. The SMILES string of the molecule is CC(=O)/C(Cl)=C(\C=N)N1CCc2c(ncnc2Sc2cc(F)ccc2C(F)(F)F)C1. The highest BCUT2D eigenvalue weighted by molar-refractivity contribution is 7.99. The van der Waals surface area contributed by atoms with Gasteiger partial charge in [-0.25, -0.2) is 14.4 Å². The molecule has 158 valence electrons. The van der Waals surface area contributed by atoms with Crippen molar-refractivity contribution >= 4 is 35.4 Å². The van der Waals surface area contributed by atoms with Crippen LogP contribution >= 0.6 is 23.4 Å². The van der Waals surface area contributed by atoms with E-state index in [2.05, 4.69) is 9.97 Å². The first-order valence-electron chi connectivity index (χ1n) is 8.65. The molecule has 1 aromatic heterocycles. The third kappa shape index (κ3) is 4.65. The van der Waals surface area contributed by atoms with Crippen LogP contribution in [0.25, 0.3) is 0 Å². The van der Waals surface area contributed by atoms with Crippen molar-refractivity contribution in [2.45, 2.75) is 36.0 Å². The molecular formula is C19H15ClF4N4OS. The molecule has 1 aliphatic heterocycles. The van der Waals surface area contributed by atoms with Gasteiger partial charge in [0.1, 0.15) is 22.2 Å². The Bertz CT molecular complexity index is 1040. The summed E-state index contributed by atoms with van der Waals surface area (Å²) >= 11 is 6.74. The number of hydrogen-bond donors (Lipinski definition) is 1. The third-order valence-electron chi connectivity index (χ3n) is 4.43. The van der Waals surface area contributed by atoms with E-state index < -0.39 is 17.6 Å². The summed E-state index contributed by atoms with van der Waals surface area (Å²) in [4.78, 5) is 21.3. The van der Waals surface area contributed by atoms with Gasteiger partial charge in [0, 0.05) is 30.1 Å². The number of halogens is 5. The van der Waals surface area contributed by atoms with Gasteiger partial charge < -0.3 is 10.3 Å². The van der Waals surface area contributed by atoms with Crippen LogP contribution in [0.5, 0.6) is 0 Å². The number of benzene rings is 1. The zero-order valence-corrected chi connectivity index (χ0v) is 17.1. The maximum Gasteiger partial charge on any atom is 0.417 e. The van der Waals surface area contributed by atoms with Crippen molar-refractivity contribution in [1.82, 2.24) is 14.9 Å². The summed E-state index contributed by atoms with van der Waals surface area (Å²) in [5.41, 5.74) is 0.476. The monoisotopic (exact) mass is 458 g/mol. The highest BCUT2D eigenvalue weighted by atomic mass is 35.5. The molecule has 0 saturated carbocycles. The molecule has 1 N–H and O–H groups in total. The molecule has 1 aliphatic rings. The highest BCUT2D eigenvalue weighted by Gasteiger charge is 2.34. The normalized spacial score (nSPS) is 14.8. The summed E-state index contributed by atoms with van der Waals surface area (Å²) in [6.45, 7) is 1.85. The predicted octanol–water partition coefficient (Wildman–Crippen LogP) is 4.83. The summed E-state index contributed by atoms with van der Waals surface area (Å²) < 4.78 is 53.5. The van der Waals surface area contributed by atoms with Gasteiger partial charge in [0.05, 0.1) is 23.5 Å². The molecule has 5 nitrogen and oxygen atoms in total. The molecule has 0 atom stereocenters. The van der Waals surface area contributed by atoms with Crippen molar-refractivity contribution in [3.8, 4) is 0 Å². The van der Waals surface area contributed by atoms with Crippen molar-refractivity contribution in [2.75, 3.05) is 6.54 Å². The van der Waals surface area contributed by atoms with E-state index in [-0.39, 0.29) is 28.0 Å². The summed E-state index contributed by atoms with van der Waals surface area (Å²) in [5.74, 6) is -1.16. The maximum absolute atomic E-state index is 13.6. The molecule has 0 bridgehead atoms. The van der Waals surface area contributed by atoms with Gasteiger partial charge in [-0.05, 0) is 24.6 Å². The van der Waals surface area contributed by atoms with Crippen molar-refractivity contribution in [1.29, 1.82) is 5.41 Å². The van der Waals surface area contributed by atoms with Crippen LogP contribution in [-0.2, 0) is 23.9 Å². The van der Waals surface area contributed by atoms with Crippen molar-refractivity contribution in [2.24, 2.45) is 0 Å². The van der Waals surface area contributed by atoms with Gasteiger partial charge in [-0.2, -0.15) is 13.2 Å². The van der Waals surface area contributed by atoms with Crippen LogP contribution in [0.3, 0.4) is 0 Å². The number of allylic oxidation sites excluding steroid dienone is 2. The molecule has 0 amide bonds. The van der Waals surface area contributed by atoms with Gasteiger partial charge in [0.15, 0.2) is 5.78 Å². The lowest BCUT2D eigenvalue weighted by molar-refractivity contribution is -0.139. The lowest BCUT2D eigenvalue weighted by Crippen LogP contribution is -2.32. The van der Waals surface area contributed by atoms with Gasteiger partial charge in [-0.15, -0.1) is 0 Å². The first-order chi connectivity index (χ1) is 14.1. The number of ketones is 1. The summed E-state index contributed by atoms with van der Waals surface area (Å²) in [5, 5.41) is 7.78. The Morgan fingerprint density at radius 3 is 2.70 bits per heavy atom. The van der Waals surface area contributed by atoms with Gasteiger partial charge in [-0.3, -0.25) is 4.79 Å². The molecule has 1 aromatic carbocycles. The zero-order chi connectivity index (χ0) is 22.1. The standard InChI is InChI=1S/C19H15ClF4N4OS/c1-10(29)17(20)15(7-25)28-5-4-12-14(8-28)26-9-27-18(12)30-16-6-11(21)2-3-13(16)19(22,23)24/h2-3,6-7,9,25H,4-5,8H2,1H3/b17-15-,25-7?. The second-order valence-corrected chi connectivity index (χ2v) is 7.82. The number of nitrogens with zero attached hydrogens (tertiary/aromatic N) is 3. The number of aromatic nitrogens is 2. The smallest absolute Gasteiger partial charge is 0.363 e. The minimum atomic E-state index is -4.63. The Morgan fingerprint density at radius 2 is 2.07 bits per heavy atom. The Kier molecular flexibility index (Phi) is 6.47. The van der Waals surface area contributed by atoms with E-state index in [0.29, 0.717) is 35.3 Å². The maximum atomic E-state index is 13.6. The number of rotatable bonds is 5. The van der Waals surface area contributed by atoms with E-state index in [1.54, 1.807) is 4.90 Å². The van der Waals surface area contributed by atoms with Crippen LogP contribution in [0.15, 0.2) is 45.2 Å². The van der Waals surface area contributed by atoms with Gasteiger partial charge >= 0.3 is 6.18 Å². The van der Waals surface area contributed by atoms with E-state index in [4.69, 9.17) is 17.0 Å². The molecule has 0 aliphatic carbocycles. The second-order valence-electron chi connectivity index (χ2n) is 6.42. The molecule has 2 heterocycles. The van der Waals surface area contributed by atoms with E-state index >= 15 is 0 Å². The van der Waals surface area contributed by atoms with Crippen LogP contribution < -0.4 is 0 Å². The lowest BCUT2D eigenvalue weighted by atomic mass is 10.1. The Balaban J connectivity index is 1.95. The molecule has 0 radical (unpaired) electrons. The Labute approximate surface area is 178 Å². The number of carbonyl (C=O) groups is 1. The number of alkyl halides is 3. The van der Waals surface area contributed by atoms with Crippen LogP contribution in [0, 0.1) is 11.2 Å².